The lowest BCUT2D eigenvalue weighted by atomic mass is 10.1. The van der Waals surface area contributed by atoms with Crippen LogP contribution in [0.4, 0.5) is 11.4 Å². The van der Waals surface area contributed by atoms with Crippen LogP contribution in [0.5, 0.6) is 0 Å². The van der Waals surface area contributed by atoms with Crippen LogP contribution in [0.1, 0.15) is 6.92 Å². The number of carbonyl (C=O) groups is 1. The lowest BCUT2D eigenvalue weighted by Crippen LogP contribution is -2.99. The number of nitrogens with zero attached hydrogens (tertiary/aromatic N) is 1. The number of hydrogen-bond acceptors (Lipinski definition) is 5. The third-order valence-corrected chi connectivity index (χ3v) is 3.51. The summed E-state index contributed by atoms with van der Waals surface area (Å²) >= 11 is 0. The number of aromatic nitrogens is 1. The number of likely N-dealkylation sites (N-methyl/N-ethyl adjacent to an activating group) is 1. The molecule has 0 aliphatic carbocycles. The molecule has 0 radical (unpaired) electrons. The van der Waals surface area contributed by atoms with Crippen LogP contribution in [0.25, 0.3) is 10.9 Å². The van der Waals surface area contributed by atoms with Crippen molar-refractivity contribution in [3.05, 3.63) is 39.8 Å². The number of pyridine rings is 1. The Labute approximate surface area is 126 Å². The molecule has 22 heavy (non-hydrogen) atoms. The largest absolute Gasteiger partial charge is 0.595 e. The maximum absolute atomic E-state index is 12.0. The summed E-state index contributed by atoms with van der Waals surface area (Å²) in [6, 6.07) is 5.30. The van der Waals surface area contributed by atoms with Gasteiger partial charge in [-0.05, 0) is 13.0 Å². The van der Waals surface area contributed by atoms with Gasteiger partial charge in [-0.2, -0.15) is 5.23 Å². The molecule has 1 heterocycles. The zero-order valence-corrected chi connectivity index (χ0v) is 12.5. The molecule has 0 saturated carbocycles. The van der Waals surface area contributed by atoms with E-state index in [1.54, 1.807) is 20.0 Å². The standard InChI is InChI=1S/C14H18N4O4/c1-8(14(20)15-2)16-11-7-13(19)17(3)12-5-4-9(18(21)22)6-10(11)12/h4-8,16,18,21H,1-3H3,(H,15,20). The summed E-state index contributed by atoms with van der Waals surface area (Å²) in [5.74, 6) is -0.233. The number of carbonyl (C=O) groups excluding carboxylic acids is 1. The van der Waals surface area contributed by atoms with Gasteiger partial charge in [0, 0.05) is 43.4 Å². The normalized spacial score (nSPS) is 13.7. The Morgan fingerprint density at radius 1 is 1.41 bits per heavy atom. The predicted octanol–water partition coefficient (Wildman–Crippen LogP) is -0.512. The molecule has 0 fully saturated rings. The number of amides is 1. The Morgan fingerprint density at radius 2 is 2.09 bits per heavy atom. The highest BCUT2D eigenvalue weighted by Gasteiger charge is 2.15. The molecule has 0 spiro atoms. The summed E-state index contributed by atoms with van der Waals surface area (Å²) in [6.45, 7) is 1.66. The van der Waals surface area contributed by atoms with Crippen LogP contribution in [0.3, 0.4) is 0 Å². The molecule has 8 heteroatoms. The zero-order chi connectivity index (χ0) is 16.4. The Bertz CT molecular complexity index is 769. The van der Waals surface area contributed by atoms with E-state index in [1.807, 2.05) is 0 Å². The number of quaternary nitrogens is 1. The van der Waals surface area contributed by atoms with Crippen LogP contribution in [0.2, 0.25) is 0 Å². The zero-order valence-electron chi connectivity index (χ0n) is 12.5. The molecule has 2 atom stereocenters. The highest BCUT2D eigenvalue weighted by Crippen LogP contribution is 2.24. The second kappa shape index (κ2) is 6.14. The number of hydrogen-bond donors (Lipinski definition) is 4. The Hall–Kier alpha value is -2.42. The highest BCUT2D eigenvalue weighted by atomic mass is 16.8. The second-order valence-corrected chi connectivity index (χ2v) is 4.97. The summed E-state index contributed by atoms with van der Waals surface area (Å²) in [5.41, 5.74) is 0.880. The van der Waals surface area contributed by atoms with Gasteiger partial charge in [0.05, 0.1) is 5.52 Å². The first-order valence-electron chi connectivity index (χ1n) is 6.70. The van der Waals surface area contributed by atoms with Crippen molar-refractivity contribution in [3.63, 3.8) is 0 Å². The van der Waals surface area contributed by atoms with Crippen molar-refractivity contribution in [2.45, 2.75) is 13.0 Å². The van der Waals surface area contributed by atoms with E-state index in [1.165, 1.54) is 29.8 Å². The minimum Gasteiger partial charge on any atom is -0.595 e. The van der Waals surface area contributed by atoms with Crippen LogP contribution in [-0.2, 0) is 11.8 Å². The quantitative estimate of drug-likeness (QED) is 0.569. The van der Waals surface area contributed by atoms with Gasteiger partial charge in [0.25, 0.3) is 5.56 Å². The SMILES string of the molecule is CNC(=O)C(C)Nc1cc(=O)n(C)c2ccc([NH+]([O-])O)cc12. The van der Waals surface area contributed by atoms with Crippen LogP contribution < -0.4 is 21.4 Å². The Kier molecular flexibility index (Phi) is 4.45. The fourth-order valence-electron chi connectivity index (χ4n) is 2.23. The molecule has 2 unspecified atom stereocenters. The summed E-state index contributed by atoms with van der Waals surface area (Å²) in [5, 5.41) is 25.2. The first-order valence-corrected chi connectivity index (χ1v) is 6.70. The molecule has 0 saturated heterocycles. The third-order valence-electron chi connectivity index (χ3n) is 3.51. The molecule has 1 aromatic carbocycles. The van der Waals surface area contributed by atoms with Crippen molar-refractivity contribution < 1.29 is 15.2 Å². The van der Waals surface area contributed by atoms with Gasteiger partial charge < -0.3 is 20.4 Å². The number of benzene rings is 1. The van der Waals surface area contributed by atoms with E-state index in [0.29, 0.717) is 16.6 Å². The lowest BCUT2D eigenvalue weighted by Gasteiger charge is -2.18. The number of anilines is 1. The average molecular weight is 306 g/mol. The Morgan fingerprint density at radius 3 is 2.68 bits per heavy atom. The van der Waals surface area contributed by atoms with Gasteiger partial charge in [-0.3, -0.25) is 9.59 Å². The average Bonchev–Trinajstić information content (AvgIpc) is 2.50. The molecule has 8 nitrogen and oxygen atoms in total. The van der Waals surface area contributed by atoms with Gasteiger partial charge in [0.2, 0.25) is 5.91 Å². The van der Waals surface area contributed by atoms with Gasteiger partial charge in [0.1, 0.15) is 6.04 Å². The summed E-state index contributed by atoms with van der Waals surface area (Å²) < 4.78 is 1.43. The molecule has 4 N–H and O–H groups in total. The van der Waals surface area contributed by atoms with Gasteiger partial charge in [0.15, 0.2) is 5.69 Å². The van der Waals surface area contributed by atoms with Crippen LogP contribution >= 0.6 is 0 Å². The van der Waals surface area contributed by atoms with Gasteiger partial charge in [-0.25, -0.2) is 5.21 Å². The Balaban J connectivity index is 2.61. The highest BCUT2D eigenvalue weighted by molar-refractivity contribution is 5.95. The summed E-state index contributed by atoms with van der Waals surface area (Å²) in [6.07, 6.45) is 0. The van der Waals surface area contributed by atoms with Crippen LogP contribution in [0.15, 0.2) is 29.1 Å². The third kappa shape index (κ3) is 2.93. The van der Waals surface area contributed by atoms with Crippen LogP contribution in [0, 0.1) is 5.21 Å². The predicted molar refractivity (Wildman–Crippen MR) is 82.1 cm³/mol. The topological polar surface area (TPSA) is 111 Å². The molecule has 1 aromatic heterocycles. The van der Waals surface area contributed by atoms with Crippen molar-refractivity contribution in [2.75, 3.05) is 12.4 Å². The smallest absolute Gasteiger partial charge is 0.252 e. The van der Waals surface area contributed by atoms with E-state index < -0.39 is 11.3 Å². The van der Waals surface area contributed by atoms with Gasteiger partial charge in [-0.15, -0.1) is 0 Å². The number of aryl methyl sites for hydroxylation is 1. The second-order valence-electron chi connectivity index (χ2n) is 4.97. The monoisotopic (exact) mass is 306 g/mol. The molecule has 0 bridgehead atoms. The van der Waals surface area contributed by atoms with E-state index in [0.717, 1.165) is 0 Å². The number of nitrogens with one attached hydrogen (secondary N) is 3. The maximum Gasteiger partial charge on any atom is 0.252 e. The van der Waals surface area contributed by atoms with Crippen molar-refractivity contribution in [1.82, 2.24) is 9.88 Å². The van der Waals surface area contributed by atoms with Gasteiger partial charge >= 0.3 is 0 Å². The molecule has 2 aromatic rings. The molecular weight excluding hydrogens is 288 g/mol. The first-order chi connectivity index (χ1) is 10.3. The minimum absolute atomic E-state index is 0.113. The van der Waals surface area contributed by atoms with E-state index in [4.69, 9.17) is 5.21 Å². The van der Waals surface area contributed by atoms with Gasteiger partial charge in [-0.1, -0.05) is 0 Å². The molecule has 0 aliphatic heterocycles. The van der Waals surface area contributed by atoms with E-state index in [2.05, 4.69) is 10.6 Å². The number of rotatable bonds is 4. The summed E-state index contributed by atoms with van der Waals surface area (Å²) in [7, 11) is 3.13. The molecule has 2 rings (SSSR count). The van der Waals surface area contributed by atoms with Crippen molar-refractivity contribution in [3.8, 4) is 0 Å². The maximum atomic E-state index is 12.0. The molecular formula is C14H18N4O4. The number of fused-ring (bicyclic) bond motifs is 1. The van der Waals surface area contributed by atoms with E-state index in [9.17, 15) is 14.8 Å². The fraction of sp³-hybridized carbons (Fsp3) is 0.286. The molecule has 1 amide bonds. The van der Waals surface area contributed by atoms with Crippen molar-refractivity contribution in [1.29, 1.82) is 0 Å². The van der Waals surface area contributed by atoms with Crippen molar-refractivity contribution >= 4 is 28.2 Å². The minimum atomic E-state index is -1.05. The summed E-state index contributed by atoms with van der Waals surface area (Å²) in [4.78, 5) is 23.6. The first kappa shape index (κ1) is 16.0. The molecule has 118 valence electrons. The van der Waals surface area contributed by atoms with Crippen LogP contribution in [-0.4, -0.2) is 28.8 Å². The lowest BCUT2D eigenvalue weighted by molar-refractivity contribution is -0.991. The van der Waals surface area contributed by atoms with E-state index in [-0.39, 0.29) is 17.2 Å². The van der Waals surface area contributed by atoms with Crippen molar-refractivity contribution in [2.24, 2.45) is 7.05 Å². The molecule has 0 aliphatic rings. The van der Waals surface area contributed by atoms with E-state index >= 15 is 0 Å². The fourth-order valence-corrected chi connectivity index (χ4v) is 2.23.